The molecule has 1 heterocycles. The number of rotatable bonds is 6. The highest BCUT2D eigenvalue weighted by Gasteiger charge is 2.44. The summed E-state index contributed by atoms with van der Waals surface area (Å²) >= 11 is 0. The van der Waals surface area contributed by atoms with E-state index in [9.17, 15) is 14.4 Å². The van der Waals surface area contributed by atoms with Gasteiger partial charge in [0.1, 0.15) is 12.6 Å². The quantitative estimate of drug-likeness (QED) is 0.594. The molecule has 1 atom stereocenters. The lowest BCUT2D eigenvalue weighted by molar-refractivity contribution is -0.136. The number of benzene rings is 1. The molecule has 6 nitrogen and oxygen atoms in total. The van der Waals surface area contributed by atoms with Crippen molar-refractivity contribution >= 4 is 23.5 Å². The van der Waals surface area contributed by atoms with Gasteiger partial charge in [-0.05, 0) is 32.9 Å². The van der Waals surface area contributed by atoms with E-state index in [0.717, 1.165) is 10.5 Å². The summed E-state index contributed by atoms with van der Waals surface area (Å²) in [6, 6.07) is 7.91. The zero-order chi connectivity index (χ0) is 17.9. The van der Waals surface area contributed by atoms with E-state index in [1.165, 1.54) is 4.90 Å². The minimum absolute atomic E-state index is 0.244. The number of likely N-dealkylation sites (N-methyl/N-ethyl adjacent to an activating group) is 1. The van der Waals surface area contributed by atoms with Gasteiger partial charge in [-0.25, -0.2) is 4.79 Å². The van der Waals surface area contributed by atoms with Gasteiger partial charge in [0.2, 0.25) is 5.91 Å². The fourth-order valence-electron chi connectivity index (χ4n) is 2.73. The van der Waals surface area contributed by atoms with E-state index in [1.807, 2.05) is 19.9 Å². The molecule has 0 aromatic heterocycles. The smallest absolute Gasteiger partial charge is 0.332 e. The summed E-state index contributed by atoms with van der Waals surface area (Å²) in [4.78, 5) is 41.5. The normalized spacial score (nSPS) is 17.4. The first-order valence-electron chi connectivity index (χ1n) is 7.98. The van der Waals surface area contributed by atoms with Crippen LogP contribution in [0.25, 0.3) is 0 Å². The van der Waals surface area contributed by atoms with E-state index in [1.54, 1.807) is 36.1 Å². The van der Waals surface area contributed by atoms with Crippen molar-refractivity contribution in [2.45, 2.75) is 26.8 Å². The van der Waals surface area contributed by atoms with E-state index in [0.29, 0.717) is 18.8 Å². The van der Waals surface area contributed by atoms with Crippen molar-refractivity contribution in [2.24, 2.45) is 0 Å². The van der Waals surface area contributed by atoms with Crippen LogP contribution in [0.2, 0.25) is 0 Å². The van der Waals surface area contributed by atoms with Gasteiger partial charge < -0.3 is 4.90 Å². The van der Waals surface area contributed by atoms with E-state index in [-0.39, 0.29) is 18.4 Å². The van der Waals surface area contributed by atoms with Crippen LogP contribution in [0.15, 0.2) is 42.5 Å². The van der Waals surface area contributed by atoms with Gasteiger partial charge in [0.05, 0.1) is 0 Å². The van der Waals surface area contributed by atoms with Gasteiger partial charge in [-0.2, -0.15) is 0 Å². The van der Waals surface area contributed by atoms with Crippen molar-refractivity contribution in [1.82, 2.24) is 9.80 Å². The molecule has 2 rings (SSSR count). The van der Waals surface area contributed by atoms with Crippen LogP contribution in [0.1, 0.15) is 20.8 Å². The SMILES string of the molecule is C=C(C)CN(CC)C(=O)CN1C(=O)[C@@H](C)N(c2ccccc2)C1=O. The van der Waals surface area contributed by atoms with E-state index in [4.69, 9.17) is 0 Å². The minimum Gasteiger partial charge on any atom is -0.337 e. The molecule has 128 valence electrons. The Balaban J connectivity index is 2.16. The molecule has 0 aliphatic carbocycles. The number of para-hydroxylation sites is 1. The molecule has 0 bridgehead atoms. The second kappa shape index (κ2) is 7.29. The summed E-state index contributed by atoms with van der Waals surface area (Å²) in [6.45, 7) is 9.84. The Morgan fingerprint density at radius 2 is 1.88 bits per heavy atom. The van der Waals surface area contributed by atoms with Crippen LogP contribution in [-0.2, 0) is 9.59 Å². The monoisotopic (exact) mass is 329 g/mol. The highest BCUT2D eigenvalue weighted by atomic mass is 16.2. The summed E-state index contributed by atoms with van der Waals surface area (Å²) in [6.07, 6.45) is 0. The van der Waals surface area contributed by atoms with Crippen LogP contribution in [0.4, 0.5) is 10.5 Å². The third-order valence-electron chi connectivity index (χ3n) is 3.97. The summed E-state index contributed by atoms with van der Waals surface area (Å²) in [7, 11) is 0. The van der Waals surface area contributed by atoms with Crippen LogP contribution in [-0.4, -0.2) is 53.3 Å². The molecule has 1 aliphatic rings. The number of hydrogen-bond acceptors (Lipinski definition) is 3. The molecule has 0 radical (unpaired) electrons. The molecular formula is C18H23N3O3. The minimum atomic E-state index is -0.621. The summed E-state index contributed by atoms with van der Waals surface area (Å²) in [5.74, 6) is -0.618. The topological polar surface area (TPSA) is 60.9 Å². The standard InChI is InChI=1S/C18H23N3O3/c1-5-19(11-13(2)3)16(22)12-20-17(23)14(4)21(18(20)24)15-9-7-6-8-10-15/h6-10,14H,2,5,11-12H2,1,3-4H3/t14-/m1/s1. The molecule has 24 heavy (non-hydrogen) atoms. The predicted octanol–water partition coefficient (Wildman–Crippen LogP) is 2.27. The Hall–Kier alpha value is -2.63. The number of nitrogens with zero attached hydrogens (tertiary/aromatic N) is 3. The second-order valence-corrected chi connectivity index (χ2v) is 5.95. The van der Waals surface area contributed by atoms with Gasteiger partial charge in [0, 0.05) is 18.8 Å². The van der Waals surface area contributed by atoms with Crippen LogP contribution in [0.5, 0.6) is 0 Å². The van der Waals surface area contributed by atoms with Crippen molar-refractivity contribution in [3.05, 3.63) is 42.5 Å². The first-order chi connectivity index (χ1) is 11.4. The zero-order valence-electron chi connectivity index (χ0n) is 14.4. The third kappa shape index (κ3) is 3.48. The van der Waals surface area contributed by atoms with E-state index >= 15 is 0 Å². The molecule has 1 fully saturated rings. The Bertz CT molecular complexity index is 657. The number of urea groups is 1. The van der Waals surface area contributed by atoms with Crippen molar-refractivity contribution in [1.29, 1.82) is 0 Å². The molecule has 6 heteroatoms. The van der Waals surface area contributed by atoms with Crippen molar-refractivity contribution in [3.8, 4) is 0 Å². The molecule has 1 aliphatic heterocycles. The van der Waals surface area contributed by atoms with Crippen LogP contribution in [0.3, 0.4) is 0 Å². The fourth-order valence-corrected chi connectivity index (χ4v) is 2.73. The Morgan fingerprint density at radius 3 is 2.42 bits per heavy atom. The van der Waals surface area contributed by atoms with Crippen LogP contribution in [0, 0.1) is 0 Å². The second-order valence-electron chi connectivity index (χ2n) is 5.95. The predicted molar refractivity (Wildman–Crippen MR) is 92.6 cm³/mol. The van der Waals surface area contributed by atoms with Gasteiger partial charge in [0.15, 0.2) is 0 Å². The average molecular weight is 329 g/mol. The van der Waals surface area contributed by atoms with Crippen LogP contribution >= 0.6 is 0 Å². The Labute approximate surface area is 142 Å². The molecular weight excluding hydrogens is 306 g/mol. The van der Waals surface area contributed by atoms with Gasteiger partial charge in [0.25, 0.3) is 5.91 Å². The Morgan fingerprint density at radius 1 is 1.25 bits per heavy atom. The van der Waals surface area contributed by atoms with Gasteiger partial charge in [-0.3, -0.25) is 19.4 Å². The van der Waals surface area contributed by atoms with Crippen molar-refractivity contribution < 1.29 is 14.4 Å². The fraction of sp³-hybridized carbons (Fsp3) is 0.389. The molecule has 4 amide bonds. The molecule has 0 N–H and O–H groups in total. The largest absolute Gasteiger partial charge is 0.337 e. The van der Waals surface area contributed by atoms with Crippen molar-refractivity contribution in [2.75, 3.05) is 24.5 Å². The summed E-state index contributed by atoms with van der Waals surface area (Å²) in [5.41, 5.74) is 1.50. The number of anilines is 1. The van der Waals surface area contributed by atoms with Gasteiger partial charge >= 0.3 is 6.03 Å². The zero-order valence-corrected chi connectivity index (χ0v) is 14.4. The summed E-state index contributed by atoms with van der Waals surface area (Å²) in [5, 5.41) is 0. The lowest BCUT2D eigenvalue weighted by atomic mass is 10.2. The maximum Gasteiger partial charge on any atom is 0.332 e. The number of carbonyl (C=O) groups excluding carboxylic acids is 3. The van der Waals surface area contributed by atoms with E-state index in [2.05, 4.69) is 6.58 Å². The number of imide groups is 1. The average Bonchev–Trinajstić information content (AvgIpc) is 2.76. The summed E-state index contributed by atoms with van der Waals surface area (Å²) < 4.78 is 0. The van der Waals surface area contributed by atoms with Crippen LogP contribution < -0.4 is 4.90 Å². The highest BCUT2D eigenvalue weighted by molar-refractivity contribution is 6.15. The molecule has 1 aromatic carbocycles. The third-order valence-corrected chi connectivity index (χ3v) is 3.97. The Kier molecular flexibility index (Phi) is 5.39. The molecule has 0 unspecified atom stereocenters. The number of carbonyl (C=O) groups is 3. The lowest BCUT2D eigenvalue weighted by Crippen LogP contribution is -2.44. The van der Waals surface area contributed by atoms with Crippen molar-refractivity contribution in [3.63, 3.8) is 0 Å². The number of amides is 4. The van der Waals surface area contributed by atoms with Gasteiger partial charge in [-0.1, -0.05) is 30.4 Å². The molecule has 1 aromatic rings. The van der Waals surface area contributed by atoms with E-state index < -0.39 is 12.1 Å². The lowest BCUT2D eigenvalue weighted by Gasteiger charge is -2.23. The van der Waals surface area contributed by atoms with Gasteiger partial charge in [-0.15, -0.1) is 0 Å². The maximum absolute atomic E-state index is 12.6. The maximum atomic E-state index is 12.6. The first kappa shape index (κ1) is 17.7. The molecule has 0 spiro atoms. The first-order valence-corrected chi connectivity index (χ1v) is 7.98. The number of hydrogen-bond donors (Lipinski definition) is 0. The molecule has 1 saturated heterocycles. The molecule has 0 saturated carbocycles. The highest BCUT2D eigenvalue weighted by Crippen LogP contribution is 2.25.